The fourth-order valence-corrected chi connectivity index (χ4v) is 4.63. The second-order valence-corrected chi connectivity index (χ2v) is 7.93. The van der Waals surface area contributed by atoms with E-state index in [0.29, 0.717) is 6.42 Å². The van der Waals surface area contributed by atoms with Gasteiger partial charge in [-0.05, 0) is 57.4 Å². The lowest BCUT2D eigenvalue weighted by Crippen LogP contribution is -2.55. The molecular formula is C23H32N2O5. The second kappa shape index (κ2) is 10.1. The number of aliphatic carboxylic acids is 1. The van der Waals surface area contributed by atoms with Gasteiger partial charge in [-0.2, -0.15) is 0 Å². The van der Waals surface area contributed by atoms with Gasteiger partial charge in [0.15, 0.2) is 0 Å². The summed E-state index contributed by atoms with van der Waals surface area (Å²) >= 11 is 0. The number of hydrogen-bond donors (Lipinski definition) is 2. The van der Waals surface area contributed by atoms with Crippen LogP contribution in [0.5, 0.6) is 0 Å². The van der Waals surface area contributed by atoms with Crippen LogP contribution in [0.1, 0.15) is 58.4 Å². The van der Waals surface area contributed by atoms with Crippen molar-refractivity contribution in [3.05, 3.63) is 35.8 Å². The third-order valence-electron chi connectivity index (χ3n) is 6.01. The van der Waals surface area contributed by atoms with Gasteiger partial charge in [-0.25, -0.2) is 4.79 Å². The normalized spacial score (nSPS) is 27.2. The van der Waals surface area contributed by atoms with E-state index in [-0.39, 0.29) is 49.1 Å². The molecule has 1 aromatic carbocycles. The SMILES string of the molecule is [2H]c1c([2H])c([2H])c(CC[C@@H](N[C@H](C)C(=O)N2[C@@H](C(=O)O)C[C@H]3CCC[C@H]32)C(=O)OCC)c([2H])c1[2H]. The molecule has 0 spiro atoms. The Morgan fingerprint density at radius 1 is 1.30 bits per heavy atom. The average Bonchev–Trinajstić information content (AvgIpc) is 3.41. The van der Waals surface area contributed by atoms with E-state index in [1.165, 1.54) is 4.90 Å². The molecule has 0 unspecified atom stereocenters. The Bertz CT molecular complexity index is 978. The van der Waals surface area contributed by atoms with Gasteiger partial charge in [0, 0.05) is 6.04 Å². The summed E-state index contributed by atoms with van der Waals surface area (Å²) in [6.07, 6.45) is 3.03. The van der Waals surface area contributed by atoms with Crippen LogP contribution in [0, 0.1) is 5.92 Å². The summed E-state index contributed by atoms with van der Waals surface area (Å²) in [5.74, 6) is -1.90. The monoisotopic (exact) mass is 421 g/mol. The molecule has 7 nitrogen and oxygen atoms in total. The van der Waals surface area contributed by atoms with E-state index in [2.05, 4.69) is 5.32 Å². The van der Waals surface area contributed by atoms with E-state index < -0.39 is 54.1 Å². The fraction of sp³-hybridized carbons (Fsp3) is 0.609. The number of carbonyl (C=O) groups excluding carboxylic acids is 2. The summed E-state index contributed by atoms with van der Waals surface area (Å²) < 4.78 is 44.7. The van der Waals surface area contributed by atoms with Crippen molar-refractivity contribution >= 4 is 17.8 Å². The number of ether oxygens (including phenoxy) is 1. The summed E-state index contributed by atoms with van der Waals surface area (Å²) in [4.78, 5) is 39.3. The first-order valence-electron chi connectivity index (χ1n) is 13.0. The Balaban J connectivity index is 1.78. The standard InChI is InChI=1S/C23H32N2O5/c1-3-30-23(29)18(13-12-16-8-5-4-6-9-16)24-15(2)21(26)25-19-11-7-10-17(19)14-20(25)22(27)28/h4-6,8-9,15,17-20,24H,3,7,10-14H2,1-2H3,(H,27,28)/t15-,17-,18-,19-,20-/m1/s1/i4D,5D,6D,8D,9D. The number of benzene rings is 1. The van der Waals surface area contributed by atoms with Gasteiger partial charge < -0.3 is 14.7 Å². The predicted molar refractivity (Wildman–Crippen MR) is 112 cm³/mol. The molecule has 7 heteroatoms. The number of amides is 1. The molecule has 1 aliphatic heterocycles. The number of rotatable bonds is 9. The van der Waals surface area contributed by atoms with E-state index in [9.17, 15) is 19.5 Å². The van der Waals surface area contributed by atoms with E-state index in [1.807, 2.05) is 0 Å². The molecule has 1 aliphatic carbocycles. The van der Waals surface area contributed by atoms with Crippen LogP contribution in [0.15, 0.2) is 30.2 Å². The first-order valence-corrected chi connectivity index (χ1v) is 10.5. The lowest BCUT2D eigenvalue weighted by atomic mass is 10.0. The molecule has 5 atom stereocenters. The number of esters is 1. The topological polar surface area (TPSA) is 95.9 Å². The van der Waals surface area contributed by atoms with Gasteiger partial charge in [-0.15, -0.1) is 0 Å². The molecule has 1 saturated heterocycles. The van der Waals surface area contributed by atoms with E-state index in [0.717, 1.165) is 19.3 Å². The number of carboxylic acid groups (broad SMARTS) is 1. The maximum absolute atomic E-state index is 13.3. The number of likely N-dealkylation sites (tertiary alicyclic amines) is 1. The predicted octanol–water partition coefficient (Wildman–Crippen LogP) is 2.38. The van der Waals surface area contributed by atoms with Gasteiger partial charge in [0.1, 0.15) is 12.1 Å². The van der Waals surface area contributed by atoms with Crippen molar-refractivity contribution in [2.24, 2.45) is 5.92 Å². The van der Waals surface area contributed by atoms with Crippen LogP contribution in [0.2, 0.25) is 0 Å². The first kappa shape index (κ1) is 16.3. The van der Waals surface area contributed by atoms with Crippen molar-refractivity contribution < 1.29 is 31.1 Å². The molecule has 1 saturated carbocycles. The van der Waals surface area contributed by atoms with Gasteiger partial charge in [-0.3, -0.25) is 14.9 Å². The number of fused-ring (bicyclic) bond motifs is 1. The smallest absolute Gasteiger partial charge is 0.326 e. The van der Waals surface area contributed by atoms with Crippen LogP contribution in [-0.4, -0.2) is 58.6 Å². The summed E-state index contributed by atoms with van der Waals surface area (Å²) in [6, 6.07) is -4.97. The maximum atomic E-state index is 13.3. The second-order valence-electron chi connectivity index (χ2n) is 7.93. The molecule has 2 fully saturated rings. The minimum Gasteiger partial charge on any atom is -0.480 e. The van der Waals surface area contributed by atoms with Crippen molar-refractivity contribution in [1.29, 1.82) is 0 Å². The molecule has 164 valence electrons. The summed E-state index contributed by atoms with van der Waals surface area (Å²) in [6.45, 7) is 3.31. The molecule has 0 radical (unpaired) electrons. The fourth-order valence-electron chi connectivity index (χ4n) is 4.63. The van der Waals surface area contributed by atoms with Crippen molar-refractivity contribution in [3.63, 3.8) is 0 Å². The average molecular weight is 422 g/mol. The lowest BCUT2D eigenvalue weighted by molar-refractivity contribution is -0.151. The van der Waals surface area contributed by atoms with Gasteiger partial charge in [0.2, 0.25) is 5.91 Å². The van der Waals surface area contributed by atoms with Gasteiger partial charge in [0.25, 0.3) is 0 Å². The Kier molecular flexibility index (Phi) is 5.47. The highest BCUT2D eigenvalue weighted by molar-refractivity contribution is 5.88. The number of nitrogens with zero attached hydrogens (tertiary/aromatic N) is 1. The zero-order valence-corrected chi connectivity index (χ0v) is 17.4. The largest absolute Gasteiger partial charge is 0.480 e. The minimum absolute atomic E-state index is 0.0146. The Morgan fingerprint density at radius 2 is 2.03 bits per heavy atom. The zero-order chi connectivity index (χ0) is 26.0. The maximum Gasteiger partial charge on any atom is 0.326 e. The number of hydrogen-bond acceptors (Lipinski definition) is 5. The van der Waals surface area contributed by atoms with Gasteiger partial charge in [0.05, 0.1) is 19.5 Å². The van der Waals surface area contributed by atoms with Crippen molar-refractivity contribution in [2.75, 3.05) is 6.61 Å². The van der Waals surface area contributed by atoms with Crippen LogP contribution in [0.4, 0.5) is 0 Å². The zero-order valence-electron chi connectivity index (χ0n) is 22.4. The molecule has 0 aromatic heterocycles. The highest BCUT2D eigenvalue weighted by Gasteiger charge is 2.49. The van der Waals surface area contributed by atoms with Crippen LogP contribution >= 0.6 is 0 Å². The summed E-state index contributed by atoms with van der Waals surface area (Å²) in [7, 11) is 0. The molecular weight excluding hydrogens is 384 g/mol. The molecule has 0 bridgehead atoms. The number of carbonyl (C=O) groups is 3. The molecule has 30 heavy (non-hydrogen) atoms. The van der Waals surface area contributed by atoms with Crippen LogP contribution in [0.25, 0.3) is 0 Å². The van der Waals surface area contributed by atoms with Gasteiger partial charge >= 0.3 is 11.9 Å². The molecule has 2 N–H and O–H groups in total. The molecule has 3 rings (SSSR count). The minimum atomic E-state index is -1.04. The third kappa shape index (κ3) is 5.01. The van der Waals surface area contributed by atoms with E-state index in [1.54, 1.807) is 13.8 Å². The van der Waals surface area contributed by atoms with Crippen LogP contribution in [-0.2, 0) is 25.5 Å². The Morgan fingerprint density at radius 3 is 2.70 bits per heavy atom. The Labute approximate surface area is 184 Å². The number of carboxylic acids is 1. The summed E-state index contributed by atoms with van der Waals surface area (Å²) in [5.41, 5.74) is 0.0744. The van der Waals surface area contributed by atoms with Crippen LogP contribution in [0.3, 0.4) is 0 Å². The third-order valence-corrected chi connectivity index (χ3v) is 6.01. The highest BCUT2D eigenvalue weighted by Crippen LogP contribution is 2.41. The van der Waals surface area contributed by atoms with Crippen molar-refractivity contribution in [2.45, 2.75) is 76.5 Å². The molecule has 1 aromatic rings. The highest BCUT2D eigenvalue weighted by atomic mass is 16.5. The quantitative estimate of drug-likeness (QED) is 0.595. The van der Waals surface area contributed by atoms with E-state index >= 15 is 0 Å². The van der Waals surface area contributed by atoms with Gasteiger partial charge in [-0.1, -0.05) is 36.6 Å². The summed E-state index contributed by atoms with van der Waals surface area (Å²) in [5, 5.41) is 12.6. The van der Waals surface area contributed by atoms with E-state index in [4.69, 9.17) is 11.6 Å². The van der Waals surface area contributed by atoms with Crippen LogP contribution < -0.4 is 5.32 Å². The van der Waals surface area contributed by atoms with Crippen molar-refractivity contribution in [3.8, 4) is 0 Å². The molecule has 1 heterocycles. The lowest BCUT2D eigenvalue weighted by Gasteiger charge is -2.31. The Hall–Kier alpha value is -2.41. The van der Waals surface area contributed by atoms with Crippen molar-refractivity contribution in [1.82, 2.24) is 10.2 Å². The first-order chi connectivity index (χ1) is 16.5. The molecule has 1 amide bonds. The molecule has 2 aliphatic rings. The number of nitrogens with one attached hydrogen (secondary N) is 1.